The Balaban J connectivity index is 2.11. The van der Waals surface area contributed by atoms with Gasteiger partial charge in [-0.1, -0.05) is 23.7 Å². The zero-order valence-electron chi connectivity index (χ0n) is 11.5. The summed E-state index contributed by atoms with van der Waals surface area (Å²) in [5, 5.41) is 11.3. The molecule has 0 aliphatic carbocycles. The molecular weight excluding hydrogens is 292 g/mol. The van der Waals surface area contributed by atoms with Gasteiger partial charge in [-0.15, -0.1) is 0 Å². The van der Waals surface area contributed by atoms with E-state index < -0.39 is 4.92 Å². The molecule has 0 aliphatic rings. The summed E-state index contributed by atoms with van der Waals surface area (Å²) in [4.78, 5) is 10.5. The number of nitro groups is 1. The molecule has 0 saturated heterocycles. The van der Waals surface area contributed by atoms with E-state index in [1.165, 1.54) is 6.07 Å². The summed E-state index contributed by atoms with van der Waals surface area (Å²) in [5.74, 6) is 0.628. The zero-order valence-corrected chi connectivity index (χ0v) is 12.2. The number of nitrogens with two attached hydrogens (primary N) is 1. The lowest BCUT2D eigenvalue weighted by molar-refractivity contribution is -0.385. The quantitative estimate of drug-likeness (QED) is 0.672. The molecule has 2 aromatic rings. The first-order chi connectivity index (χ1) is 9.97. The molecule has 0 amide bonds. The van der Waals surface area contributed by atoms with E-state index in [0.29, 0.717) is 16.3 Å². The van der Waals surface area contributed by atoms with E-state index in [1.807, 2.05) is 19.1 Å². The standard InChI is InChI=1S/C15H15ClN2O3/c1-10(17)11-3-6-14(7-4-11)21-9-12-2-5-13(16)8-15(12)18(19)20/h2-8,10H,9,17H2,1H3/t10-/m0/s1. The first-order valence-corrected chi connectivity index (χ1v) is 6.76. The molecule has 2 rings (SSSR count). The van der Waals surface area contributed by atoms with E-state index >= 15 is 0 Å². The lowest BCUT2D eigenvalue weighted by Gasteiger charge is -2.09. The van der Waals surface area contributed by atoms with Gasteiger partial charge in [-0.25, -0.2) is 0 Å². The Morgan fingerprint density at radius 1 is 1.29 bits per heavy atom. The molecule has 0 saturated carbocycles. The SMILES string of the molecule is C[C@H](N)c1ccc(OCc2ccc(Cl)cc2[N+](=O)[O-])cc1. The van der Waals surface area contributed by atoms with Crippen molar-refractivity contribution in [2.75, 3.05) is 0 Å². The van der Waals surface area contributed by atoms with Crippen LogP contribution >= 0.6 is 11.6 Å². The summed E-state index contributed by atoms with van der Waals surface area (Å²) in [6, 6.07) is 11.8. The first kappa shape index (κ1) is 15.3. The predicted octanol–water partition coefficient (Wildman–Crippen LogP) is 3.85. The molecule has 1 atom stereocenters. The number of nitro benzene ring substituents is 1. The van der Waals surface area contributed by atoms with Gasteiger partial charge in [0.05, 0.1) is 10.5 Å². The summed E-state index contributed by atoms with van der Waals surface area (Å²) >= 11 is 5.77. The van der Waals surface area contributed by atoms with Gasteiger partial charge in [0.15, 0.2) is 0 Å². The molecule has 110 valence electrons. The van der Waals surface area contributed by atoms with Crippen LogP contribution in [0.15, 0.2) is 42.5 Å². The Morgan fingerprint density at radius 3 is 2.52 bits per heavy atom. The molecule has 0 heterocycles. The van der Waals surface area contributed by atoms with Crippen molar-refractivity contribution in [2.45, 2.75) is 19.6 Å². The summed E-state index contributed by atoms with van der Waals surface area (Å²) in [5.41, 5.74) is 7.19. The highest BCUT2D eigenvalue weighted by molar-refractivity contribution is 6.30. The third kappa shape index (κ3) is 3.93. The van der Waals surface area contributed by atoms with Crippen LogP contribution in [-0.2, 0) is 6.61 Å². The fourth-order valence-corrected chi connectivity index (χ4v) is 2.02. The Hall–Kier alpha value is -2.11. The molecule has 0 spiro atoms. The normalized spacial score (nSPS) is 12.0. The largest absolute Gasteiger partial charge is 0.489 e. The molecule has 0 fully saturated rings. The lowest BCUT2D eigenvalue weighted by atomic mass is 10.1. The summed E-state index contributed by atoms with van der Waals surface area (Å²) in [7, 11) is 0. The van der Waals surface area contributed by atoms with E-state index in [4.69, 9.17) is 22.1 Å². The van der Waals surface area contributed by atoms with Gasteiger partial charge in [0.1, 0.15) is 12.4 Å². The van der Waals surface area contributed by atoms with Crippen molar-refractivity contribution < 1.29 is 9.66 Å². The van der Waals surface area contributed by atoms with E-state index in [0.717, 1.165) is 5.56 Å². The molecule has 21 heavy (non-hydrogen) atoms. The monoisotopic (exact) mass is 306 g/mol. The third-order valence-electron chi connectivity index (χ3n) is 3.04. The average molecular weight is 307 g/mol. The van der Waals surface area contributed by atoms with Crippen molar-refractivity contribution in [1.82, 2.24) is 0 Å². The summed E-state index contributed by atoms with van der Waals surface area (Å²) < 4.78 is 5.57. The van der Waals surface area contributed by atoms with Gasteiger partial charge in [-0.05, 0) is 36.8 Å². The second kappa shape index (κ2) is 6.56. The van der Waals surface area contributed by atoms with Crippen LogP contribution in [0.4, 0.5) is 5.69 Å². The third-order valence-corrected chi connectivity index (χ3v) is 3.28. The highest BCUT2D eigenvalue weighted by Gasteiger charge is 2.14. The van der Waals surface area contributed by atoms with Crippen molar-refractivity contribution in [3.05, 3.63) is 68.7 Å². The molecule has 0 unspecified atom stereocenters. The van der Waals surface area contributed by atoms with Crippen LogP contribution in [0, 0.1) is 10.1 Å². The van der Waals surface area contributed by atoms with E-state index in [9.17, 15) is 10.1 Å². The van der Waals surface area contributed by atoms with Crippen molar-refractivity contribution >= 4 is 17.3 Å². The minimum Gasteiger partial charge on any atom is -0.489 e. The Kier molecular flexibility index (Phi) is 4.77. The highest BCUT2D eigenvalue weighted by Crippen LogP contribution is 2.25. The highest BCUT2D eigenvalue weighted by atomic mass is 35.5. The maximum absolute atomic E-state index is 11.0. The second-order valence-corrected chi connectivity index (χ2v) is 5.11. The molecular formula is C15H15ClN2O3. The molecule has 0 aromatic heterocycles. The zero-order chi connectivity index (χ0) is 15.4. The average Bonchev–Trinajstić information content (AvgIpc) is 2.46. The predicted molar refractivity (Wildman–Crippen MR) is 81.5 cm³/mol. The lowest BCUT2D eigenvalue weighted by Crippen LogP contribution is -2.04. The van der Waals surface area contributed by atoms with Gasteiger partial charge in [-0.3, -0.25) is 10.1 Å². The maximum atomic E-state index is 11.0. The molecule has 6 heteroatoms. The number of hydrogen-bond donors (Lipinski definition) is 1. The molecule has 0 aliphatic heterocycles. The van der Waals surface area contributed by atoms with Gasteiger partial charge in [0.2, 0.25) is 0 Å². The number of nitrogens with zero attached hydrogens (tertiary/aromatic N) is 1. The second-order valence-electron chi connectivity index (χ2n) is 4.68. The minimum atomic E-state index is -0.468. The number of benzene rings is 2. The first-order valence-electron chi connectivity index (χ1n) is 6.38. The van der Waals surface area contributed by atoms with Crippen LogP contribution < -0.4 is 10.5 Å². The van der Waals surface area contributed by atoms with E-state index in [2.05, 4.69) is 0 Å². The number of halogens is 1. The smallest absolute Gasteiger partial charge is 0.277 e. The van der Waals surface area contributed by atoms with Gasteiger partial charge < -0.3 is 10.5 Å². The molecule has 5 nitrogen and oxygen atoms in total. The van der Waals surface area contributed by atoms with Crippen molar-refractivity contribution in [3.63, 3.8) is 0 Å². The van der Waals surface area contributed by atoms with Crippen molar-refractivity contribution in [3.8, 4) is 5.75 Å². The van der Waals surface area contributed by atoms with Crippen molar-refractivity contribution in [1.29, 1.82) is 0 Å². The Bertz CT molecular complexity index is 642. The van der Waals surface area contributed by atoms with Crippen molar-refractivity contribution in [2.24, 2.45) is 5.73 Å². The minimum absolute atomic E-state index is 0.0450. The fraction of sp³-hybridized carbons (Fsp3) is 0.200. The number of ether oxygens (including phenoxy) is 1. The van der Waals surface area contributed by atoms with Crippen LogP contribution in [0.2, 0.25) is 5.02 Å². The Morgan fingerprint density at radius 2 is 1.95 bits per heavy atom. The van der Waals surface area contributed by atoms with Gasteiger partial charge >= 0.3 is 0 Å². The summed E-state index contributed by atoms with van der Waals surface area (Å²) in [6.45, 7) is 2.00. The van der Waals surface area contributed by atoms with Crippen LogP contribution in [0.1, 0.15) is 24.1 Å². The van der Waals surface area contributed by atoms with Crippen LogP contribution in [0.25, 0.3) is 0 Å². The molecule has 2 aromatic carbocycles. The topological polar surface area (TPSA) is 78.4 Å². The molecule has 0 bridgehead atoms. The summed E-state index contributed by atoms with van der Waals surface area (Å²) in [6.07, 6.45) is 0. The number of hydrogen-bond acceptors (Lipinski definition) is 4. The van der Waals surface area contributed by atoms with Gasteiger partial charge in [0, 0.05) is 17.1 Å². The van der Waals surface area contributed by atoms with E-state index in [-0.39, 0.29) is 18.3 Å². The molecule has 0 radical (unpaired) electrons. The Labute approximate surface area is 127 Å². The van der Waals surface area contributed by atoms with Gasteiger partial charge in [-0.2, -0.15) is 0 Å². The van der Waals surface area contributed by atoms with Crippen LogP contribution in [-0.4, -0.2) is 4.92 Å². The van der Waals surface area contributed by atoms with Crippen LogP contribution in [0.3, 0.4) is 0 Å². The number of rotatable bonds is 5. The van der Waals surface area contributed by atoms with E-state index in [1.54, 1.807) is 24.3 Å². The maximum Gasteiger partial charge on any atom is 0.277 e. The van der Waals surface area contributed by atoms with Gasteiger partial charge in [0.25, 0.3) is 5.69 Å². The van der Waals surface area contributed by atoms with Crippen LogP contribution in [0.5, 0.6) is 5.75 Å². The fourth-order valence-electron chi connectivity index (χ4n) is 1.86. The molecule has 2 N–H and O–H groups in total.